The van der Waals surface area contributed by atoms with Gasteiger partial charge >= 0.3 is 0 Å². The number of nitrogens with one attached hydrogen (secondary N) is 1. The van der Waals surface area contributed by atoms with Gasteiger partial charge in [-0.05, 0) is 79.3 Å². The third-order valence-electron chi connectivity index (χ3n) is 7.04. The Hall–Kier alpha value is -3.12. The maximum absolute atomic E-state index is 12.8. The van der Waals surface area contributed by atoms with Crippen LogP contribution < -0.4 is 9.62 Å². The van der Waals surface area contributed by atoms with Gasteiger partial charge in [-0.2, -0.15) is 5.26 Å². The van der Waals surface area contributed by atoms with E-state index in [2.05, 4.69) is 46.0 Å². The van der Waals surface area contributed by atoms with Gasteiger partial charge in [0.15, 0.2) is 4.91 Å². The Kier molecular flexibility index (Phi) is 7.84. The monoisotopic (exact) mass is 506 g/mol. The molecule has 2 N–H and O–H groups in total. The molecule has 0 saturated carbocycles. The molecule has 0 amide bonds. The molecule has 1 fully saturated rings. The number of aliphatic hydroxyl groups is 1. The Labute approximate surface area is 213 Å². The SMILES string of the molecule is CCC(O)CNS(=O)(=O)/C(C#N)=C(\C)c1ccc(-c2ccc3cc(N4CCCCC4)ccc3c2)n1C. The maximum Gasteiger partial charge on any atom is 0.251 e. The number of fused-ring (bicyclic) bond motifs is 1. The van der Waals surface area contributed by atoms with Gasteiger partial charge in [0.1, 0.15) is 6.07 Å². The molecule has 2 heterocycles. The third kappa shape index (κ3) is 5.34. The standard InChI is InChI=1S/C28H34N4O3S/c1-4-25(33)19-30-36(34,35)28(18-29)20(2)26-12-13-27(31(26)3)23-9-8-22-17-24(11-10-21(22)16-23)32-14-6-5-7-15-32/h8-13,16-17,25,30,33H,4-7,14-15,19H2,1-3H3/b28-20+. The second-order valence-corrected chi connectivity index (χ2v) is 11.1. The van der Waals surface area contributed by atoms with Gasteiger partial charge in [0.05, 0.1) is 6.10 Å². The number of benzene rings is 2. The lowest BCUT2D eigenvalue weighted by atomic mass is 10.0. The largest absolute Gasteiger partial charge is 0.392 e. The zero-order valence-electron chi connectivity index (χ0n) is 21.2. The Morgan fingerprint density at radius 2 is 1.78 bits per heavy atom. The fourth-order valence-electron chi connectivity index (χ4n) is 4.80. The molecule has 36 heavy (non-hydrogen) atoms. The molecule has 1 saturated heterocycles. The summed E-state index contributed by atoms with van der Waals surface area (Å²) in [6, 6.07) is 18.6. The van der Waals surface area contributed by atoms with Gasteiger partial charge in [0.2, 0.25) is 0 Å². The Morgan fingerprint density at radius 3 is 2.47 bits per heavy atom. The van der Waals surface area contributed by atoms with E-state index in [-0.39, 0.29) is 11.4 Å². The highest BCUT2D eigenvalue weighted by molar-refractivity contribution is 7.93. The number of hydrogen-bond donors (Lipinski definition) is 2. The molecule has 0 radical (unpaired) electrons. The highest BCUT2D eigenvalue weighted by atomic mass is 32.2. The van der Waals surface area contributed by atoms with Crippen molar-refractivity contribution >= 4 is 32.1 Å². The van der Waals surface area contributed by atoms with Crippen molar-refractivity contribution in [2.75, 3.05) is 24.5 Å². The second-order valence-electron chi connectivity index (χ2n) is 9.44. The van der Waals surface area contributed by atoms with Crippen LogP contribution in [0.3, 0.4) is 0 Å². The van der Waals surface area contributed by atoms with E-state index < -0.39 is 16.1 Å². The van der Waals surface area contributed by atoms with Crippen LogP contribution >= 0.6 is 0 Å². The molecular weight excluding hydrogens is 472 g/mol. The number of allylic oxidation sites excluding steroid dienone is 2. The van der Waals surface area contributed by atoms with Crippen LogP contribution in [0, 0.1) is 11.3 Å². The van der Waals surface area contributed by atoms with Gasteiger partial charge in [-0.15, -0.1) is 0 Å². The van der Waals surface area contributed by atoms with E-state index in [0.29, 0.717) is 17.7 Å². The smallest absolute Gasteiger partial charge is 0.251 e. The first kappa shape index (κ1) is 26.0. The minimum atomic E-state index is -4.05. The van der Waals surface area contributed by atoms with Crippen molar-refractivity contribution in [2.45, 2.75) is 45.6 Å². The van der Waals surface area contributed by atoms with Crippen molar-refractivity contribution in [3.63, 3.8) is 0 Å². The summed E-state index contributed by atoms with van der Waals surface area (Å²) in [5, 5.41) is 21.7. The summed E-state index contributed by atoms with van der Waals surface area (Å²) in [5.74, 6) is 0. The quantitative estimate of drug-likeness (QED) is 0.429. The molecule has 0 aliphatic carbocycles. The van der Waals surface area contributed by atoms with Crippen LogP contribution in [0.1, 0.15) is 45.2 Å². The lowest BCUT2D eigenvalue weighted by molar-refractivity contribution is 0.174. The number of sulfonamides is 1. The molecule has 1 aliphatic heterocycles. The number of aliphatic hydroxyl groups excluding tert-OH is 1. The van der Waals surface area contributed by atoms with Gasteiger partial charge in [-0.25, -0.2) is 13.1 Å². The van der Waals surface area contributed by atoms with Crippen molar-refractivity contribution in [1.29, 1.82) is 5.26 Å². The van der Waals surface area contributed by atoms with Crippen LogP contribution in [0.4, 0.5) is 5.69 Å². The van der Waals surface area contributed by atoms with Crippen molar-refractivity contribution < 1.29 is 13.5 Å². The summed E-state index contributed by atoms with van der Waals surface area (Å²) in [6.45, 7) is 5.48. The van der Waals surface area contributed by atoms with Gasteiger partial charge in [0.25, 0.3) is 10.0 Å². The fourth-order valence-corrected chi connectivity index (χ4v) is 5.99. The molecule has 8 heteroatoms. The molecule has 3 aromatic rings. The Balaban J connectivity index is 1.64. The predicted molar refractivity (Wildman–Crippen MR) is 146 cm³/mol. The van der Waals surface area contributed by atoms with Crippen molar-refractivity contribution in [2.24, 2.45) is 7.05 Å². The highest BCUT2D eigenvalue weighted by Crippen LogP contribution is 2.31. The average molecular weight is 507 g/mol. The molecule has 1 aliphatic rings. The van der Waals surface area contributed by atoms with Gasteiger partial charge < -0.3 is 14.6 Å². The summed E-state index contributed by atoms with van der Waals surface area (Å²) in [6.07, 6.45) is 3.41. The van der Waals surface area contributed by atoms with E-state index >= 15 is 0 Å². The van der Waals surface area contributed by atoms with E-state index in [1.54, 1.807) is 13.8 Å². The Bertz CT molecular complexity index is 1430. The zero-order valence-corrected chi connectivity index (χ0v) is 22.0. The zero-order chi connectivity index (χ0) is 25.9. The van der Waals surface area contributed by atoms with Gasteiger partial charge in [-0.3, -0.25) is 0 Å². The van der Waals surface area contributed by atoms with E-state index in [0.717, 1.165) is 29.7 Å². The maximum atomic E-state index is 12.8. The lowest BCUT2D eigenvalue weighted by Gasteiger charge is -2.29. The third-order valence-corrected chi connectivity index (χ3v) is 8.52. The van der Waals surface area contributed by atoms with Crippen molar-refractivity contribution in [3.05, 3.63) is 59.1 Å². The molecule has 190 valence electrons. The van der Waals surface area contributed by atoms with Crippen LogP contribution in [0.2, 0.25) is 0 Å². The molecule has 7 nitrogen and oxygen atoms in total. The molecule has 4 rings (SSSR count). The second kappa shape index (κ2) is 10.9. The first-order chi connectivity index (χ1) is 17.2. The number of nitriles is 1. The van der Waals surface area contributed by atoms with Crippen LogP contribution in [0.15, 0.2) is 53.4 Å². The van der Waals surface area contributed by atoms with Crippen molar-refractivity contribution in [1.82, 2.24) is 9.29 Å². The van der Waals surface area contributed by atoms with Crippen LogP contribution in [-0.4, -0.2) is 43.8 Å². The summed E-state index contributed by atoms with van der Waals surface area (Å²) in [5.41, 5.74) is 4.21. The van der Waals surface area contributed by atoms with Gasteiger partial charge in [0, 0.05) is 49.3 Å². The number of hydrogen-bond acceptors (Lipinski definition) is 5. The summed E-state index contributed by atoms with van der Waals surface area (Å²) in [4.78, 5) is 2.11. The fraction of sp³-hybridized carbons (Fsp3) is 0.393. The van der Waals surface area contributed by atoms with E-state index in [1.165, 1.54) is 30.3 Å². The lowest BCUT2D eigenvalue weighted by Crippen LogP contribution is -2.32. The molecule has 1 atom stereocenters. The molecular formula is C28H34N4O3S. The van der Waals surface area contributed by atoms with Crippen LogP contribution in [0.5, 0.6) is 0 Å². The number of nitrogens with zero attached hydrogens (tertiary/aromatic N) is 3. The average Bonchev–Trinajstić information content (AvgIpc) is 3.28. The van der Waals surface area contributed by atoms with Crippen molar-refractivity contribution in [3.8, 4) is 17.3 Å². The van der Waals surface area contributed by atoms with E-state index in [1.807, 2.05) is 29.8 Å². The topological polar surface area (TPSA) is 98.4 Å². The van der Waals surface area contributed by atoms with E-state index in [4.69, 9.17) is 0 Å². The molecule has 2 aromatic carbocycles. The minimum Gasteiger partial charge on any atom is -0.392 e. The number of piperidine rings is 1. The minimum absolute atomic E-state index is 0.133. The first-order valence-electron chi connectivity index (χ1n) is 12.5. The number of anilines is 1. The summed E-state index contributed by atoms with van der Waals surface area (Å²) >= 11 is 0. The molecule has 0 spiro atoms. The summed E-state index contributed by atoms with van der Waals surface area (Å²) in [7, 11) is -2.18. The molecule has 1 aromatic heterocycles. The van der Waals surface area contributed by atoms with E-state index in [9.17, 15) is 18.8 Å². The first-order valence-corrected chi connectivity index (χ1v) is 14.0. The summed E-state index contributed by atoms with van der Waals surface area (Å²) < 4.78 is 29.8. The van der Waals surface area contributed by atoms with Gasteiger partial charge in [-0.1, -0.05) is 25.1 Å². The molecule has 0 bridgehead atoms. The predicted octanol–water partition coefficient (Wildman–Crippen LogP) is 4.78. The number of aromatic nitrogens is 1. The number of rotatable bonds is 8. The molecule has 1 unspecified atom stereocenters. The highest BCUT2D eigenvalue weighted by Gasteiger charge is 2.23. The van der Waals surface area contributed by atoms with Crippen LogP contribution in [-0.2, 0) is 17.1 Å². The Morgan fingerprint density at radius 1 is 1.08 bits per heavy atom. The van der Waals surface area contributed by atoms with Crippen LogP contribution in [0.25, 0.3) is 27.6 Å². The normalized spacial score (nSPS) is 16.0.